The number of hydrogen-bond donors (Lipinski definition) is 5. The summed E-state index contributed by atoms with van der Waals surface area (Å²) in [7, 11) is 2.59. The average molecular weight is 1170 g/mol. The number of carbonyl (C=O) groups excluding carboxylic acids is 3. The number of nitrogens with one attached hydrogen (secondary N) is 4. The molecule has 3 unspecified atom stereocenters. The number of likely N-dealkylation sites (tertiary alicyclic amines) is 2. The van der Waals surface area contributed by atoms with Gasteiger partial charge in [0.05, 0.1) is 59.4 Å². The standard InChI is InChI=1S/C61H71F5N10O8/c1-81-60(79)71-53(35-15-23-83-24-16-35)58(77)74-19-3-5-51(74)56-67-45-29-39(41(63)31-47(45)69-56)49-11-12-50(76(49)38-27-43(65)55(44(66)28-38)73-21-13-34(14-22-73)33-7-9-37(62)10-8-33)40-30-46-48(32-42(40)64)70-57(68-46)52-6-4-20-75(52)59(78)54(72-61(80)82-2)36-17-25-84-26-18-36/h7-10,27-32,34-36,49-54,60,71,79H,3-6,11-26H2,1-2H3,(H,67,69)(H,68,70)(H,72,80)/t49-,50-,51?,52+,53?,54+,60?/m1/s1. The fraction of sp³-hybridized carbons (Fsp3) is 0.525. The van der Waals surface area contributed by atoms with Crippen LogP contribution in [0.4, 0.5) is 38.1 Å². The highest BCUT2D eigenvalue weighted by Crippen LogP contribution is 2.50. The Morgan fingerprint density at radius 3 is 1.62 bits per heavy atom. The molecule has 7 atom stereocenters. The number of aliphatic hydroxyl groups excluding tert-OH is 1. The van der Waals surface area contributed by atoms with Crippen LogP contribution in [0.2, 0.25) is 0 Å². The maximum absolute atomic E-state index is 17.1. The van der Waals surface area contributed by atoms with Crippen LogP contribution in [0.15, 0.2) is 60.7 Å². The average Bonchev–Trinajstić information content (AvgIpc) is 2.84. The Morgan fingerprint density at radius 2 is 1.12 bits per heavy atom. The summed E-state index contributed by atoms with van der Waals surface area (Å²) in [4.78, 5) is 64.6. The van der Waals surface area contributed by atoms with Crippen LogP contribution in [0.5, 0.6) is 0 Å². The van der Waals surface area contributed by atoms with Gasteiger partial charge in [0.1, 0.15) is 40.8 Å². The summed E-state index contributed by atoms with van der Waals surface area (Å²) in [5.74, 6) is -3.16. The van der Waals surface area contributed by atoms with Crippen LogP contribution in [0.25, 0.3) is 22.1 Å². The molecule has 0 aliphatic carbocycles. The van der Waals surface area contributed by atoms with E-state index in [2.05, 4.69) is 20.6 Å². The van der Waals surface area contributed by atoms with E-state index in [0.717, 1.165) is 5.56 Å². The highest BCUT2D eigenvalue weighted by atomic mass is 19.1. The summed E-state index contributed by atoms with van der Waals surface area (Å²) in [5, 5.41) is 16.2. The smallest absolute Gasteiger partial charge is 0.407 e. The minimum Gasteiger partial charge on any atom is -0.453 e. The number of carbonyl (C=O) groups is 3. The molecule has 448 valence electrons. The number of anilines is 2. The Hall–Kier alpha value is -6.92. The van der Waals surface area contributed by atoms with Crippen LogP contribution < -0.4 is 20.4 Å². The zero-order valence-electron chi connectivity index (χ0n) is 47.1. The topological polar surface area (TPSA) is 203 Å². The number of hydrogen-bond acceptors (Lipinski definition) is 13. The SMILES string of the molecule is COC(=O)N[C@H](C(=O)N1CCC[C@H]1c1nc2cc(F)c([C@H]3CC[C@H](c4cc5[nH]c(C6CCCN6C(=O)C(NC(O)OC)C6CCOCC6)nc5cc4F)N3c3cc(F)c(N4CCC(c5ccc(F)cc5)CC4)c(F)c3)cc2[nH]1)C1CCOCC1. The van der Waals surface area contributed by atoms with Crippen LogP contribution in [-0.4, -0.2) is 138 Å². The van der Waals surface area contributed by atoms with Gasteiger partial charge in [-0.25, -0.2) is 36.7 Å². The predicted molar refractivity (Wildman–Crippen MR) is 300 cm³/mol. The van der Waals surface area contributed by atoms with Crippen molar-refractivity contribution in [3.63, 3.8) is 0 Å². The molecule has 6 aromatic rings. The molecule has 0 radical (unpaired) electrons. The molecule has 4 aromatic carbocycles. The van der Waals surface area contributed by atoms with Crippen LogP contribution >= 0.6 is 0 Å². The molecule has 8 heterocycles. The van der Waals surface area contributed by atoms with Gasteiger partial charge in [0.2, 0.25) is 18.2 Å². The van der Waals surface area contributed by atoms with E-state index in [1.807, 2.05) is 0 Å². The van der Waals surface area contributed by atoms with Gasteiger partial charge in [0.15, 0.2) is 11.6 Å². The Morgan fingerprint density at radius 1 is 0.619 bits per heavy atom. The Balaban J connectivity index is 0.869. The van der Waals surface area contributed by atoms with Crippen LogP contribution in [0.3, 0.4) is 0 Å². The van der Waals surface area contributed by atoms with Crippen molar-refractivity contribution >= 4 is 51.3 Å². The second kappa shape index (κ2) is 24.6. The van der Waals surface area contributed by atoms with Gasteiger partial charge in [0.25, 0.3) is 0 Å². The monoisotopic (exact) mass is 1170 g/mol. The van der Waals surface area contributed by atoms with E-state index in [0.29, 0.717) is 151 Å². The maximum atomic E-state index is 17.1. The first-order valence-electron chi connectivity index (χ1n) is 29.5. The van der Waals surface area contributed by atoms with E-state index >= 15 is 17.6 Å². The van der Waals surface area contributed by atoms with Crippen LogP contribution in [0, 0.1) is 40.9 Å². The normalized spacial score (nSPS) is 23.2. The zero-order valence-corrected chi connectivity index (χ0v) is 47.1. The lowest BCUT2D eigenvalue weighted by atomic mass is 9.89. The number of imidazole rings is 2. The number of benzene rings is 4. The minimum absolute atomic E-state index is 0.0724. The maximum Gasteiger partial charge on any atom is 0.407 e. The first-order chi connectivity index (χ1) is 40.7. The zero-order chi connectivity index (χ0) is 58.3. The molecule has 23 heteroatoms. The third-order valence-electron chi connectivity index (χ3n) is 18.5. The number of halogens is 5. The molecule has 3 amide bonds. The number of ether oxygens (including phenoxy) is 4. The molecule has 6 saturated heterocycles. The molecule has 0 saturated carbocycles. The third-order valence-corrected chi connectivity index (χ3v) is 18.5. The summed E-state index contributed by atoms with van der Waals surface area (Å²) in [6, 6.07) is 10.2. The van der Waals surface area contributed by atoms with Crippen molar-refractivity contribution in [1.82, 2.24) is 40.4 Å². The van der Waals surface area contributed by atoms with Gasteiger partial charge < -0.3 is 58.9 Å². The fourth-order valence-electron chi connectivity index (χ4n) is 14.2. The van der Waals surface area contributed by atoms with Gasteiger partial charge >= 0.3 is 6.09 Å². The largest absolute Gasteiger partial charge is 0.453 e. The van der Waals surface area contributed by atoms with E-state index < -0.39 is 72.0 Å². The summed E-state index contributed by atoms with van der Waals surface area (Å²) in [6.07, 6.45) is 4.36. The van der Waals surface area contributed by atoms with E-state index in [4.69, 9.17) is 28.9 Å². The number of fused-ring (bicyclic) bond motifs is 2. The number of aliphatic hydroxyl groups is 1. The Labute approximate surface area is 482 Å². The van der Waals surface area contributed by atoms with E-state index in [1.54, 1.807) is 43.9 Å². The molecular weight excluding hydrogens is 1100 g/mol. The number of amides is 3. The summed E-state index contributed by atoms with van der Waals surface area (Å²) >= 11 is 0. The van der Waals surface area contributed by atoms with Gasteiger partial charge in [-0.05, 0) is 137 Å². The molecule has 6 fully saturated rings. The lowest BCUT2D eigenvalue weighted by Gasteiger charge is -2.36. The third kappa shape index (κ3) is 11.4. The van der Waals surface area contributed by atoms with Crippen molar-refractivity contribution in [3.05, 3.63) is 118 Å². The van der Waals surface area contributed by atoms with Crippen molar-refractivity contribution in [1.29, 1.82) is 0 Å². The molecule has 5 N–H and O–H groups in total. The lowest BCUT2D eigenvalue weighted by molar-refractivity contribution is -0.147. The molecule has 2 aromatic heterocycles. The number of aromatic nitrogens is 4. The van der Waals surface area contributed by atoms with Gasteiger partial charge in [-0.3, -0.25) is 14.9 Å². The number of H-pyrrole nitrogens is 2. The van der Waals surface area contributed by atoms with Crippen LogP contribution in [-0.2, 0) is 28.5 Å². The molecular formula is C61H71F5N10O8. The molecule has 0 bridgehead atoms. The highest BCUT2D eigenvalue weighted by molar-refractivity contribution is 5.87. The second-order valence-corrected chi connectivity index (χ2v) is 23.2. The first-order valence-corrected chi connectivity index (χ1v) is 29.5. The van der Waals surface area contributed by atoms with Crippen molar-refractivity contribution in [2.45, 2.75) is 126 Å². The van der Waals surface area contributed by atoms with Gasteiger partial charge in [-0.2, -0.15) is 0 Å². The predicted octanol–water partition coefficient (Wildman–Crippen LogP) is 9.39. The number of methoxy groups -OCH3 is 2. The van der Waals surface area contributed by atoms with Crippen molar-refractivity contribution < 1.29 is 60.4 Å². The number of nitrogens with zero attached hydrogens (tertiary/aromatic N) is 6. The first kappa shape index (κ1) is 57.5. The van der Waals surface area contributed by atoms with Gasteiger partial charge in [-0.1, -0.05) is 12.1 Å². The fourth-order valence-corrected chi connectivity index (χ4v) is 14.2. The van der Waals surface area contributed by atoms with Crippen molar-refractivity contribution in [3.8, 4) is 0 Å². The molecule has 12 rings (SSSR count). The number of rotatable bonds is 15. The van der Waals surface area contributed by atoms with Crippen molar-refractivity contribution in [2.75, 3.05) is 76.6 Å². The minimum atomic E-state index is -1.38. The van der Waals surface area contributed by atoms with E-state index in [-0.39, 0.29) is 70.7 Å². The van der Waals surface area contributed by atoms with Gasteiger partial charge in [-0.15, -0.1) is 0 Å². The number of piperidine rings is 1. The van der Waals surface area contributed by atoms with Crippen molar-refractivity contribution in [2.24, 2.45) is 11.8 Å². The lowest BCUT2D eigenvalue weighted by Crippen LogP contribution is -2.54. The second-order valence-electron chi connectivity index (χ2n) is 23.2. The highest BCUT2D eigenvalue weighted by Gasteiger charge is 2.44. The molecule has 6 aliphatic heterocycles. The number of alkyl carbamates (subject to hydrolysis) is 1. The van der Waals surface area contributed by atoms with Crippen LogP contribution in [0.1, 0.15) is 135 Å². The number of aromatic amines is 2. The Bertz CT molecular complexity index is 3340. The molecule has 84 heavy (non-hydrogen) atoms. The van der Waals surface area contributed by atoms with E-state index in [9.17, 15) is 23.9 Å². The Kier molecular flexibility index (Phi) is 16.8. The summed E-state index contributed by atoms with van der Waals surface area (Å²) in [5.41, 5.74) is 2.70. The molecule has 0 spiro atoms. The quantitative estimate of drug-likeness (QED) is 0.0481. The van der Waals surface area contributed by atoms with Gasteiger partial charge in [0, 0.05) is 88.7 Å². The van der Waals surface area contributed by atoms with E-state index in [1.165, 1.54) is 50.6 Å². The molecule has 6 aliphatic rings. The summed E-state index contributed by atoms with van der Waals surface area (Å²) < 4.78 is 103. The summed E-state index contributed by atoms with van der Waals surface area (Å²) in [6.45, 7) is 3.36. The molecule has 18 nitrogen and oxygen atoms in total.